The van der Waals surface area contributed by atoms with Gasteiger partial charge < -0.3 is 14.5 Å². The summed E-state index contributed by atoms with van der Waals surface area (Å²) in [6, 6.07) is 14.3. The molecule has 2 aromatic heterocycles. The third-order valence-electron chi connectivity index (χ3n) is 4.44. The van der Waals surface area contributed by atoms with Crippen molar-refractivity contribution in [1.29, 1.82) is 0 Å². The average molecular weight is 356 g/mol. The maximum atomic E-state index is 12.6. The number of aromatic nitrogens is 2. The lowest BCUT2D eigenvalue weighted by molar-refractivity contribution is -0.124. The number of rotatable bonds is 9. The number of benzene rings is 1. The molecular formula is C20H25N3OS. The molecule has 0 fully saturated rings. The molecule has 0 saturated carbocycles. The molecule has 0 spiro atoms. The zero-order valence-electron chi connectivity index (χ0n) is 14.6. The number of thioether (sulfide) groups is 1. The van der Waals surface area contributed by atoms with Crippen LogP contribution in [0.1, 0.15) is 18.9 Å². The highest BCUT2D eigenvalue weighted by molar-refractivity contribution is 7.98. The van der Waals surface area contributed by atoms with E-state index in [1.165, 1.54) is 10.9 Å². The number of aryl methyl sites for hydroxylation is 1. The Bertz CT molecular complexity index is 794. The molecule has 1 aromatic carbocycles. The second-order valence-corrected chi connectivity index (χ2v) is 7.13. The minimum Gasteiger partial charge on any atom is -0.354 e. The molecule has 0 radical (unpaired) electrons. The van der Waals surface area contributed by atoms with Crippen molar-refractivity contribution in [1.82, 2.24) is 14.5 Å². The first-order valence-corrected chi connectivity index (χ1v) is 10.1. The predicted molar refractivity (Wildman–Crippen MR) is 106 cm³/mol. The van der Waals surface area contributed by atoms with Gasteiger partial charge in [-0.1, -0.05) is 18.2 Å². The molecule has 0 bridgehead atoms. The van der Waals surface area contributed by atoms with Gasteiger partial charge in [0.1, 0.15) is 6.04 Å². The van der Waals surface area contributed by atoms with Crippen molar-refractivity contribution >= 4 is 28.6 Å². The minimum absolute atomic E-state index is 0.114. The Morgan fingerprint density at radius 3 is 2.72 bits per heavy atom. The monoisotopic (exact) mass is 355 g/mol. The first-order chi connectivity index (χ1) is 12.3. The Labute approximate surface area is 153 Å². The largest absolute Gasteiger partial charge is 0.354 e. The zero-order valence-corrected chi connectivity index (χ0v) is 15.4. The van der Waals surface area contributed by atoms with Crippen LogP contribution in [0, 0.1) is 0 Å². The standard InChI is InChI=1S/C20H25N3OS/c1-25-16-10-19(22-12-4-5-13-22)20(24)21-11-6-14-23-15-9-17-7-2-3-8-18(17)23/h2-5,7-9,12-13,15,19H,6,10-11,14,16H2,1H3,(H,21,24). The summed E-state index contributed by atoms with van der Waals surface area (Å²) in [7, 11) is 0. The maximum Gasteiger partial charge on any atom is 0.243 e. The van der Waals surface area contributed by atoms with Crippen LogP contribution in [0.5, 0.6) is 0 Å². The SMILES string of the molecule is CSCCC(C(=O)NCCCn1ccc2ccccc21)n1cccc1. The quantitative estimate of drug-likeness (QED) is 0.591. The molecule has 132 valence electrons. The normalized spacial score (nSPS) is 12.4. The van der Waals surface area contributed by atoms with Gasteiger partial charge in [0.2, 0.25) is 5.91 Å². The molecule has 1 unspecified atom stereocenters. The van der Waals surface area contributed by atoms with Crippen LogP contribution in [-0.4, -0.2) is 33.6 Å². The average Bonchev–Trinajstić information content (AvgIpc) is 3.29. The van der Waals surface area contributed by atoms with Crippen molar-refractivity contribution in [2.45, 2.75) is 25.4 Å². The molecule has 3 rings (SSSR count). The number of amides is 1. The Morgan fingerprint density at radius 2 is 1.92 bits per heavy atom. The lowest BCUT2D eigenvalue weighted by Gasteiger charge is -2.18. The molecule has 1 N–H and O–H groups in total. The van der Waals surface area contributed by atoms with Gasteiger partial charge in [0.15, 0.2) is 0 Å². The lowest BCUT2D eigenvalue weighted by atomic mass is 10.2. The smallest absolute Gasteiger partial charge is 0.243 e. The van der Waals surface area contributed by atoms with Gasteiger partial charge >= 0.3 is 0 Å². The summed E-state index contributed by atoms with van der Waals surface area (Å²) in [5.74, 6) is 1.09. The fourth-order valence-corrected chi connectivity index (χ4v) is 3.57. The summed E-state index contributed by atoms with van der Waals surface area (Å²) < 4.78 is 4.25. The lowest BCUT2D eigenvalue weighted by Crippen LogP contribution is -2.33. The summed E-state index contributed by atoms with van der Waals surface area (Å²) in [5.41, 5.74) is 1.25. The highest BCUT2D eigenvalue weighted by Crippen LogP contribution is 2.16. The fourth-order valence-electron chi connectivity index (χ4n) is 3.12. The molecule has 0 aliphatic rings. The topological polar surface area (TPSA) is 39.0 Å². The highest BCUT2D eigenvalue weighted by atomic mass is 32.2. The number of nitrogens with one attached hydrogen (secondary N) is 1. The third-order valence-corrected chi connectivity index (χ3v) is 5.08. The van der Waals surface area contributed by atoms with E-state index in [2.05, 4.69) is 52.7 Å². The van der Waals surface area contributed by atoms with Crippen LogP contribution < -0.4 is 5.32 Å². The van der Waals surface area contributed by atoms with Crippen LogP contribution >= 0.6 is 11.8 Å². The third kappa shape index (κ3) is 4.48. The highest BCUT2D eigenvalue weighted by Gasteiger charge is 2.18. The molecule has 1 amide bonds. The van der Waals surface area contributed by atoms with Crippen molar-refractivity contribution < 1.29 is 4.79 Å². The first kappa shape index (κ1) is 17.7. The predicted octanol–water partition coefficient (Wildman–Crippen LogP) is 3.94. The van der Waals surface area contributed by atoms with E-state index in [1.807, 2.05) is 29.1 Å². The number of fused-ring (bicyclic) bond motifs is 1. The Kier molecular flexibility index (Phi) is 6.23. The van der Waals surface area contributed by atoms with Crippen LogP contribution in [0.15, 0.2) is 61.1 Å². The summed E-state index contributed by atoms with van der Waals surface area (Å²) in [4.78, 5) is 12.6. The van der Waals surface area contributed by atoms with Crippen LogP contribution in [-0.2, 0) is 11.3 Å². The summed E-state index contributed by atoms with van der Waals surface area (Å²) >= 11 is 1.78. The van der Waals surface area contributed by atoms with Crippen molar-refractivity contribution in [3.63, 3.8) is 0 Å². The second kappa shape index (κ2) is 8.81. The van der Waals surface area contributed by atoms with E-state index in [0.717, 1.165) is 25.1 Å². The van der Waals surface area contributed by atoms with Crippen molar-refractivity contribution in [2.24, 2.45) is 0 Å². The van der Waals surface area contributed by atoms with E-state index in [0.29, 0.717) is 6.54 Å². The Morgan fingerprint density at radius 1 is 1.12 bits per heavy atom. The second-order valence-electron chi connectivity index (χ2n) is 6.14. The van der Waals surface area contributed by atoms with Gasteiger partial charge in [-0.3, -0.25) is 4.79 Å². The van der Waals surface area contributed by atoms with Gasteiger partial charge in [-0.05, 0) is 54.5 Å². The van der Waals surface area contributed by atoms with Crippen molar-refractivity contribution in [2.75, 3.05) is 18.6 Å². The Hall–Kier alpha value is -2.14. The van der Waals surface area contributed by atoms with Crippen LogP contribution in [0.3, 0.4) is 0 Å². The van der Waals surface area contributed by atoms with Crippen LogP contribution in [0.4, 0.5) is 0 Å². The van der Waals surface area contributed by atoms with Gasteiger partial charge in [-0.25, -0.2) is 0 Å². The van der Waals surface area contributed by atoms with E-state index >= 15 is 0 Å². The molecule has 2 heterocycles. The number of para-hydroxylation sites is 1. The van der Waals surface area contributed by atoms with Crippen LogP contribution in [0.25, 0.3) is 10.9 Å². The van der Waals surface area contributed by atoms with Crippen molar-refractivity contribution in [3.05, 3.63) is 61.1 Å². The maximum absolute atomic E-state index is 12.6. The minimum atomic E-state index is -0.116. The van der Waals surface area contributed by atoms with E-state index in [-0.39, 0.29) is 11.9 Å². The van der Waals surface area contributed by atoms with E-state index in [9.17, 15) is 4.79 Å². The molecule has 0 aliphatic carbocycles. The number of carbonyl (C=O) groups is 1. The molecule has 0 saturated heterocycles. The fraction of sp³-hybridized carbons (Fsp3) is 0.350. The number of nitrogens with zero attached hydrogens (tertiary/aromatic N) is 2. The van der Waals surface area contributed by atoms with E-state index in [1.54, 1.807) is 11.8 Å². The van der Waals surface area contributed by atoms with Gasteiger partial charge in [0.05, 0.1) is 0 Å². The Balaban J connectivity index is 1.51. The molecule has 3 aromatic rings. The van der Waals surface area contributed by atoms with Crippen molar-refractivity contribution in [3.8, 4) is 0 Å². The van der Waals surface area contributed by atoms with E-state index < -0.39 is 0 Å². The number of hydrogen-bond donors (Lipinski definition) is 1. The summed E-state index contributed by atoms with van der Waals surface area (Å²) in [6.45, 7) is 1.61. The molecule has 25 heavy (non-hydrogen) atoms. The molecule has 5 heteroatoms. The van der Waals surface area contributed by atoms with E-state index in [4.69, 9.17) is 0 Å². The van der Waals surface area contributed by atoms with Gasteiger partial charge in [-0.2, -0.15) is 11.8 Å². The molecule has 0 aliphatic heterocycles. The summed E-state index contributed by atoms with van der Waals surface area (Å²) in [5, 5.41) is 4.37. The van der Waals surface area contributed by atoms with Crippen LogP contribution in [0.2, 0.25) is 0 Å². The molecule has 1 atom stereocenters. The molecular weight excluding hydrogens is 330 g/mol. The summed E-state index contributed by atoms with van der Waals surface area (Å²) in [6.07, 6.45) is 9.90. The number of carbonyl (C=O) groups excluding carboxylic acids is 1. The molecule has 4 nitrogen and oxygen atoms in total. The first-order valence-electron chi connectivity index (χ1n) is 8.72. The van der Waals surface area contributed by atoms with Gasteiger partial charge in [0.25, 0.3) is 0 Å². The zero-order chi connectivity index (χ0) is 17.5. The number of hydrogen-bond acceptors (Lipinski definition) is 2. The van der Waals surface area contributed by atoms with Gasteiger partial charge in [0, 0.05) is 37.2 Å². The van der Waals surface area contributed by atoms with Gasteiger partial charge in [-0.15, -0.1) is 0 Å².